The van der Waals surface area contributed by atoms with Crippen LogP contribution in [0.4, 0.5) is 0 Å². The summed E-state index contributed by atoms with van der Waals surface area (Å²) >= 11 is 0. The maximum Gasteiger partial charge on any atom is 0.294 e. The third-order valence-electron chi connectivity index (χ3n) is 3.81. The highest BCUT2D eigenvalue weighted by atomic mass is 32.2. The smallest absolute Gasteiger partial charge is 0.294 e. The molecule has 0 radical (unpaired) electrons. The van der Waals surface area contributed by atoms with Gasteiger partial charge in [-0.15, -0.1) is 0 Å². The summed E-state index contributed by atoms with van der Waals surface area (Å²) in [5.41, 5.74) is 3.64. The van der Waals surface area contributed by atoms with E-state index in [0.29, 0.717) is 12.2 Å². The monoisotopic (exact) mass is 334 g/mol. The largest absolute Gasteiger partial charge is 0.493 e. The Balaban J connectivity index is 2.26. The first-order chi connectivity index (χ1) is 10.7. The van der Waals surface area contributed by atoms with Crippen LogP contribution in [0.5, 0.6) is 5.75 Å². The molecular weight excluding hydrogens is 312 g/mol. The van der Waals surface area contributed by atoms with Gasteiger partial charge in [0, 0.05) is 5.92 Å². The SMILES string of the molecule is Cc1ccc(C)c(OCC(C)c2cc(C)ccc2S(=O)(=O)O)c1. The van der Waals surface area contributed by atoms with E-state index in [1.54, 1.807) is 12.1 Å². The lowest BCUT2D eigenvalue weighted by Gasteiger charge is -2.18. The van der Waals surface area contributed by atoms with Crippen LogP contribution in [0.15, 0.2) is 41.3 Å². The summed E-state index contributed by atoms with van der Waals surface area (Å²) < 4.78 is 38.4. The topological polar surface area (TPSA) is 63.6 Å². The number of hydrogen-bond donors (Lipinski definition) is 1. The summed E-state index contributed by atoms with van der Waals surface area (Å²) in [5.74, 6) is 0.615. The number of ether oxygens (including phenoxy) is 1. The third-order valence-corrected chi connectivity index (χ3v) is 4.73. The van der Waals surface area contributed by atoms with Gasteiger partial charge in [0.25, 0.3) is 10.1 Å². The lowest BCUT2D eigenvalue weighted by atomic mass is 10.00. The van der Waals surface area contributed by atoms with Crippen molar-refractivity contribution < 1.29 is 17.7 Å². The minimum Gasteiger partial charge on any atom is -0.493 e. The Hall–Kier alpha value is -1.85. The molecule has 2 aromatic carbocycles. The summed E-state index contributed by atoms with van der Waals surface area (Å²) in [6.07, 6.45) is 0. The molecule has 5 heteroatoms. The molecule has 0 aliphatic rings. The van der Waals surface area contributed by atoms with Crippen molar-refractivity contribution in [1.82, 2.24) is 0 Å². The van der Waals surface area contributed by atoms with E-state index in [1.807, 2.05) is 45.9 Å². The Morgan fingerprint density at radius 2 is 1.65 bits per heavy atom. The standard InChI is InChI=1S/C18H22O4S/c1-12-6-8-18(23(19,20)21)16(9-12)15(4)11-22-17-10-13(2)5-7-14(17)3/h5-10,15H,11H2,1-4H3,(H,19,20,21). The first-order valence-corrected chi connectivity index (χ1v) is 8.90. The average molecular weight is 334 g/mol. The summed E-state index contributed by atoms with van der Waals surface area (Å²) in [6.45, 7) is 8.06. The van der Waals surface area contributed by atoms with E-state index in [-0.39, 0.29) is 10.8 Å². The average Bonchev–Trinajstić information content (AvgIpc) is 2.46. The summed E-state index contributed by atoms with van der Waals surface area (Å²) in [7, 11) is -4.25. The minimum absolute atomic E-state index is 0.0554. The van der Waals surface area contributed by atoms with Crippen molar-refractivity contribution in [3.8, 4) is 5.75 Å². The Morgan fingerprint density at radius 1 is 1.04 bits per heavy atom. The van der Waals surface area contributed by atoms with Crippen LogP contribution in [-0.4, -0.2) is 19.6 Å². The van der Waals surface area contributed by atoms with Gasteiger partial charge < -0.3 is 4.74 Å². The van der Waals surface area contributed by atoms with Gasteiger partial charge in [-0.25, -0.2) is 0 Å². The fourth-order valence-electron chi connectivity index (χ4n) is 2.46. The molecule has 0 heterocycles. The Morgan fingerprint density at radius 3 is 2.30 bits per heavy atom. The number of hydrogen-bond acceptors (Lipinski definition) is 3. The molecule has 1 N–H and O–H groups in total. The van der Waals surface area contributed by atoms with Crippen molar-refractivity contribution >= 4 is 10.1 Å². The lowest BCUT2D eigenvalue weighted by molar-refractivity contribution is 0.292. The molecule has 0 aromatic heterocycles. The fourth-order valence-corrected chi connectivity index (χ4v) is 3.25. The van der Waals surface area contributed by atoms with E-state index < -0.39 is 10.1 Å². The van der Waals surface area contributed by atoms with Crippen LogP contribution in [0.2, 0.25) is 0 Å². The maximum absolute atomic E-state index is 11.6. The molecule has 2 rings (SSSR count). The van der Waals surface area contributed by atoms with Gasteiger partial charge in [0.15, 0.2) is 0 Å². The third kappa shape index (κ3) is 4.33. The van der Waals surface area contributed by atoms with E-state index in [0.717, 1.165) is 22.4 Å². The van der Waals surface area contributed by atoms with Crippen LogP contribution in [0, 0.1) is 20.8 Å². The van der Waals surface area contributed by atoms with Crippen molar-refractivity contribution in [3.05, 3.63) is 58.7 Å². The molecule has 23 heavy (non-hydrogen) atoms. The van der Waals surface area contributed by atoms with E-state index in [2.05, 4.69) is 0 Å². The van der Waals surface area contributed by atoms with Crippen LogP contribution in [0.1, 0.15) is 35.1 Å². The van der Waals surface area contributed by atoms with Gasteiger partial charge in [0.2, 0.25) is 0 Å². The van der Waals surface area contributed by atoms with Crippen LogP contribution < -0.4 is 4.74 Å². The highest BCUT2D eigenvalue weighted by Gasteiger charge is 2.20. The molecule has 0 amide bonds. The quantitative estimate of drug-likeness (QED) is 0.838. The van der Waals surface area contributed by atoms with Crippen molar-refractivity contribution in [2.24, 2.45) is 0 Å². The predicted molar refractivity (Wildman–Crippen MR) is 90.8 cm³/mol. The summed E-state index contributed by atoms with van der Waals surface area (Å²) in [4.78, 5) is -0.0554. The van der Waals surface area contributed by atoms with Gasteiger partial charge in [0.1, 0.15) is 5.75 Å². The second-order valence-corrected chi connectivity index (χ2v) is 7.39. The van der Waals surface area contributed by atoms with Crippen molar-refractivity contribution in [2.75, 3.05) is 6.61 Å². The van der Waals surface area contributed by atoms with E-state index in [9.17, 15) is 13.0 Å². The summed E-state index contributed by atoms with van der Waals surface area (Å²) in [5, 5.41) is 0. The molecule has 0 aliphatic carbocycles. The first kappa shape index (κ1) is 17.5. The Labute approximate surface area is 137 Å². The highest BCUT2D eigenvalue weighted by Crippen LogP contribution is 2.27. The highest BCUT2D eigenvalue weighted by molar-refractivity contribution is 7.85. The molecule has 1 atom stereocenters. The number of benzene rings is 2. The number of aryl methyl sites for hydroxylation is 3. The Kier molecular flexibility index (Phi) is 5.12. The van der Waals surface area contributed by atoms with E-state index in [4.69, 9.17) is 4.74 Å². The first-order valence-electron chi connectivity index (χ1n) is 7.46. The van der Waals surface area contributed by atoms with Crippen molar-refractivity contribution in [3.63, 3.8) is 0 Å². The van der Waals surface area contributed by atoms with Crippen LogP contribution in [0.3, 0.4) is 0 Å². The van der Waals surface area contributed by atoms with Gasteiger partial charge in [-0.1, -0.05) is 36.8 Å². The Bertz CT molecular complexity index is 810. The van der Waals surface area contributed by atoms with E-state index >= 15 is 0 Å². The molecule has 1 unspecified atom stereocenters. The number of rotatable bonds is 5. The minimum atomic E-state index is -4.25. The van der Waals surface area contributed by atoms with Gasteiger partial charge in [-0.2, -0.15) is 8.42 Å². The second kappa shape index (κ2) is 6.72. The molecule has 0 saturated heterocycles. The molecule has 0 saturated carbocycles. The molecule has 0 aliphatic heterocycles. The molecule has 4 nitrogen and oxygen atoms in total. The molecule has 124 valence electrons. The van der Waals surface area contributed by atoms with Crippen molar-refractivity contribution in [1.29, 1.82) is 0 Å². The zero-order chi connectivity index (χ0) is 17.2. The van der Waals surface area contributed by atoms with Crippen molar-refractivity contribution in [2.45, 2.75) is 38.5 Å². The van der Waals surface area contributed by atoms with Crippen LogP contribution in [0.25, 0.3) is 0 Å². The summed E-state index contributed by atoms with van der Waals surface area (Å²) in [6, 6.07) is 10.9. The second-order valence-electron chi connectivity index (χ2n) is 6.00. The maximum atomic E-state index is 11.6. The van der Waals surface area contributed by atoms with Crippen LogP contribution in [-0.2, 0) is 10.1 Å². The fraction of sp³-hybridized carbons (Fsp3) is 0.333. The van der Waals surface area contributed by atoms with Gasteiger partial charge in [-0.05, 0) is 49.6 Å². The van der Waals surface area contributed by atoms with Gasteiger partial charge in [-0.3, -0.25) is 4.55 Å². The molecule has 0 spiro atoms. The van der Waals surface area contributed by atoms with Gasteiger partial charge in [0.05, 0.1) is 11.5 Å². The molecule has 0 fully saturated rings. The predicted octanol–water partition coefficient (Wildman–Crippen LogP) is 4.04. The molecule has 2 aromatic rings. The molecular formula is C18H22O4S. The zero-order valence-electron chi connectivity index (χ0n) is 13.8. The normalized spacial score (nSPS) is 12.9. The van der Waals surface area contributed by atoms with Crippen LogP contribution >= 0.6 is 0 Å². The lowest BCUT2D eigenvalue weighted by Crippen LogP contribution is -2.12. The molecule has 0 bridgehead atoms. The zero-order valence-corrected chi connectivity index (χ0v) is 14.6. The van der Waals surface area contributed by atoms with Gasteiger partial charge >= 0.3 is 0 Å². The van der Waals surface area contributed by atoms with E-state index in [1.165, 1.54) is 6.07 Å².